The molecule has 1 aliphatic rings. The highest BCUT2D eigenvalue weighted by Crippen LogP contribution is 2.26. The molecule has 8 heteroatoms. The number of sulfone groups is 1. The Morgan fingerprint density at radius 2 is 2.23 bits per heavy atom. The molecule has 0 amide bonds. The highest BCUT2D eigenvalue weighted by Gasteiger charge is 2.32. The first-order valence-corrected chi connectivity index (χ1v) is 8.83. The fourth-order valence-electron chi connectivity index (χ4n) is 2.49. The quantitative estimate of drug-likeness (QED) is 0.463. The van der Waals surface area contributed by atoms with E-state index in [-0.39, 0.29) is 28.3 Å². The Morgan fingerprint density at radius 3 is 2.73 bits per heavy atom. The molecule has 2 rings (SSSR count). The van der Waals surface area contributed by atoms with Crippen LogP contribution in [0, 0.1) is 22.5 Å². The van der Waals surface area contributed by atoms with Crippen LogP contribution in [0.25, 0.3) is 0 Å². The number of terminal acetylenes is 1. The molecule has 1 aromatic rings. The normalized spacial score (nSPS) is 20.0. The van der Waals surface area contributed by atoms with Crippen molar-refractivity contribution in [3.63, 3.8) is 0 Å². The summed E-state index contributed by atoms with van der Waals surface area (Å²) in [4.78, 5) is 12.1. The van der Waals surface area contributed by atoms with Gasteiger partial charge in [-0.3, -0.25) is 15.0 Å². The minimum Gasteiger partial charge on any atom is -0.284 e. The molecule has 118 valence electrons. The second-order valence-corrected chi connectivity index (χ2v) is 7.83. The van der Waals surface area contributed by atoms with E-state index in [0.29, 0.717) is 25.1 Å². The molecule has 22 heavy (non-hydrogen) atoms. The largest absolute Gasteiger partial charge is 0.284 e. The molecule has 0 N–H and O–H groups in total. The van der Waals surface area contributed by atoms with E-state index < -0.39 is 14.8 Å². The number of nitrogens with zero attached hydrogens (tertiary/aromatic N) is 2. The van der Waals surface area contributed by atoms with E-state index in [4.69, 9.17) is 18.0 Å². The van der Waals surface area contributed by atoms with Gasteiger partial charge in [0.1, 0.15) is 0 Å². The lowest BCUT2D eigenvalue weighted by Crippen LogP contribution is -2.36. The van der Waals surface area contributed by atoms with Gasteiger partial charge in [0.15, 0.2) is 9.84 Å². The smallest absolute Gasteiger partial charge is 0.270 e. The van der Waals surface area contributed by atoms with Gasteiger partial charge in [-0.1, -0.05) is 17.5 Å². The number of rotatable bonds is 5. The highest BCUT2D eigenvalue weighted by molar-refractivity contribution is 7.91. The van der Waals surface area contributed by atoms with Crippen molar-refractivity contribution >= 4 is 27.1 Å². The number of benzene rings is 1. The van der Waals surface area contributed by atoms with Gasteiger partial charge in [0.2, 0.25) is 0 Å². The summed E-state index contributed by atoms with van der Waals surface area (Å²) >= 11 is 6.08. The summed E-state index contributed by atoms with van der Waals surface area (Å²) < 4.78 is 23.2. The first-order valence-electron chi connectivity index (χ1n) is 6.63. The summed E-state index contributed by atoms with van der Waals surface area (Å²) in [6.07, 6.45) is 5.89. The van der Waals surface area contributed by atoms with Crippen LogP contribution in [-0.4, -0.2) is 42.3 Å². The maximum atomic E-state index is 11.6. The van der Waals surface area contributed by atoms with Crippen LogP contribution in [-0.2, 0) is 16.4 Å². The van der Waals surface area contributed by atoms with E-state index in [1.807, 2.05) is 4.90 Å². The summed E-state index contributed by atoms with van der Waals surface area (Å²) in [6.45, 7) is 0.661. The molecule has 0 saturated carbocycles. The molecule has 1 fully saturated rings. The van der Waals surface area contributed by atoms with Crippen molar-refractivity contribution in [2.24, 2.45) is 0 Å². The number of hydrogen-bond acceptors (Lipinski definition) is 5. The Hall–Kier alpha value is -1.62. The standard InChI is InChI=1S/C14H15ClN2O4S/c1-2-6-16(13-5-7-22(20,21)10-13)9-11-3-4-12(17(18)19)8-14(11)15/h1,3-4,8,13H,5-7,9-10H2. The average Bonchev–Trinajstić information content (AvgIpc) is 2.80. The van der Waals surface area contributed by atoms with Crippen molar-refractivity contribution in [2.75, 3.05) is 18.1 Å². The number of halogens is 1. The van der Waals surface area contributed by atoms with E-state index in [9.17, 15) is 18.5 Å². The van der Waals surface area contributed by atoms with Crippen LogP contribution in [0.5, 0.6) is 0 Å². The topological polar surface area (TPSA) is 80.5 Å². The van der Waals surface area contributed by atoms with Gasteiger partial charge in [-0.25, -0.2) is 8.42 Å². The van der Waals surface area contributed by atoms with Crippen LogP contribution in [0.15, 0.2) is 18.2 Å². The van der Waals surface area contributed by atoms with E-state index in [1.165, 1.54) is 12.1 Å². The van der Waals surface area contributed by atoms with Gasteiger partial charge in [-0.15, -0.1) is 6.42 Å². The zero-order valence-electron chi connectivity index (χ0n) is 11.7. The molecule has 0 aliphatic carbocycles. The lowest BCUT2D eigenvalue weighted by atomic mass is 10.1. The average molecular weight is 343 g/mol. The van der Waals surface area contributed by atoms with E-state index >= 15 is 0 Å². The minimum absolute atomic E-state index is 0.0826. The van der Waals surface area contributed by atoms with Crippen molar-refractivity contribution in [2.45, 2.75) is 19.0 Å². The Balaban J connectivity index is 2.18. The monoisotopic (exact) mass is 342 g/mol. The van der Waals surface area contributed by atoms with Gasteiger partial charge in [0, 0.05) is 24.7 Å². The molecule has 6 nitrogen and oxygen atoms in total. The van der Waals surface area contributed by atoms with Crippen LogP contribution < -0.4 is 0 Å². The number of hydrogen-bond donors (Lipinski definition) is 0. The third kappa shape index (κ3) is 3.97. The molecule has 1 aliphatic heterocycles. The maximum absolute atomic E-state index is 11.6. The molecule has 1 heterocycles. The van der Waals surface area contributed by atoms with Crippen LogP contribution in [0.3, 0.4) is 0 Å². The van der Waals surface area contributed by atoms with Gasteiger partial charge in [-0.2, -0.15) is 0 Å². The van der Waals surface area contributed by atoms with Gasteiger partial charge >= 0.3 is 0 Å². The number of non-ortho nitro benzene ring substituents is 1. The van der Waals surface area contributed by atoms with Crippen molar-refractivity contribution in [3.8, 4) is 12.3 Å². The van der Waals surface area contributed by atoms with Crippen molar-refractivity contribution in [1.29, 1.82) is 0 Å². The molecule has 1 saturated heterocycles. The van der Waals surface area contributed by atoms with Crippen molar-refractivity contribution in [3.05, 3.63) is 38.9 Å². The Labute approximate surface area is 134 Å². The SMILES string of the molecule is C#CCN(Cc1ccc([N+](=O)[O-])cc1Cl)C1CCS(=O)(=O)C1. The zero-order valence-corrected chi connectivity index (χ0v) is 13.3. The molecular formula is C14H15ClN2O4S. The first kappa shape index (κ1) is 16.7. The van der Waals surface area contributed by atoms with E-state index in [0.717, 1.165) is 0 Å². The van der Waals surface area contributed by atoms with Crippen LogP contribution >= 0.6 is 11.6 Å². The highest BCUT2D eigenvalue weighted by atomic mass is 35.5. The number of nitro groups is 1. The predicted octanol–water partition coefficient (Wildman–Crippen LogP) is 1.87. The van der Waals surface area contributed by atoms with Gasteiger partial charge < -0.3 is 0 Å². The molecule has 0 radical (unpaired) electrons. The molecule has 1 atom stereocenters. The third-order valence-corrected chi connectivity index (χ3v) is 5.74. The second-order valence-electron chi connectivity index (χ2n) is 5.20. The molecule has 1 aromatic carbocycles. The first-order chi connectivity index (χ1) is 10.3. The number of nitro benzene ring substituents is 1. The van der Waals surface area contributed by atoms with E-state index in [2.05, 4.69) is 5.92 Å². The summed E-state index contributed by atoms with van der Waals surface area (Å²) in [5.41, 5.74) is 0.604. The summed E-state index contributed by atoms with van der Waals surface area (Å²) in [5, 5.41) is 11.0. The molecule has 0 spiro atoms. The lowest BCUT2D eigenvalue weighted by Gasteiger charge is -2.26. The third-order valence-electron chi connectivity index (χ3n) is 3.64. The summed E-state index contributed by atoms with van der Waals surface area (Å²) in [6, 6.07) is 4.09. The van der Waals surface area contributed by atoms with Gasteiger partial charge in [-0.05, 0) is 18.1 Å². The Morgan fingerprint density at radius 1 is 1.50 bits per heavy atom. The molecule has 0 aromatic heterocycles. The fraction of sp³-hybridized carbons (Fsp3) is 0.429. The van der Waals surface area contributed by atoms with Gasteiger partial charge in [0.05, 0.1) is 28.0 Å². The fourth-order valence-corrected chi connectivity index (χ4v) is 4.49. The van der Waals surface area contributed by atoms with Crippen molar-refractivity contribution in [1.82, 2.24) is 4.90 Å². The summed E-state index contributed by atoms with van der Waals surface area (Å²) in [7, 11) is -3.01. The summed E-state index contributed by atoms with van der Waals surface area (Å²) in [5.74, 6) is 2.76. The lowest BCUT2D eigenvalue weighted by molar-refractivity contribution is -0.384. The molecule has 0 bridgehead atoms. The Kier molecular flexibility index (Phi) is 5.06. The minimum atomic E-state index is -3.01. The van der Waals surface area contributed by atoms with Crippen molar-refractivity contribution < 1.29 is 13.3 Å². The zero-order chi connectivity index (χ0) is 16.3. The van der Waals surface area contributed by atoms with Crippen LogP contribution in [0.4, 0.5) is 5.69 Å². The second kappa shape index (κ2) is 6.65. The van der Waals surface area contributed by atoms with E-state index in [1.54, 1.807) is 6.07 Å². The Bertz CT molecular complexity index is 727. The molecular weight excluding hydrogens is 328 g/mol. The maximum Gasteiger partial charge on any atom is 0.270 e. The van der Waals surface area contributed by atoms with Crippen LogP contribution in [0.1, 0.15) is 12.0 Å². The predicted molar refractivity (Wildman–Crippen MR) is 84.4 cm³/mol. The van der Waals surface area contributed by atoms with Crippen LogP contribution in [0.2, 0.25) is 5.02 Å². The van der Waals surface area contributed by atoms with Gasteiger partial charge in [0.25, 0.3) is 5.69 Å². The molecule has 1 unspecified atom stereocenters.